The van der Waals surface area contributed by atoms with E-state index in [-0.39, 0.29) is 5.91 Å². The van der Waals surface area contributed by atoms with Crippen LogP contribution in [-0.4, -0.2) is 70.6 Å². The molecule has 2 aliphatic heterocycles. The van der Waals surface area contributed by atoms with Crippen LogP contribution in [0.2, 0.25) is 0 Å². The molecule has 6 nitrogen and oxygen atoms in total. The summed E-state index contributed by atoms with van der Waals surface area (Å²) < 4.78 is 5.72. The van der Waals surface area contributed by atoms with E-state index in [1.165, 1.54) is 0 Å². The molecule has 0 unspecified atom stereocenters. The van der Waals surface area contributed by atoms with Crippen LogP contribution in [0.25, 0.3) is 0 Å². The number of hydrogen-bond acceptors (Lipinski definition) is 5. The van der Waals surface area contributed by atoms with Gasteiger partial charge >= 0.3 is 0 Å². The number of hydrogen-bond donors (Lipinski definition) is 0. The van der Waals surface area contributed by atoms with Crippen molar-refractivity contribution in [3.63, 3.8) is 0 Å². The highest BCUT2D eigenvalue weighted by atomic mass is 16.5. The Hall–Kier alpha value is -1.53. The molecule has 2 fully saturated rings. The molecule has 0 bridgehead atoms. The maximum Gasteiger partial charge on any atom is 0.274 e. The molecule has 3 rings (SSSR count). The predicted molar refractivity (Wildman–Crippen MR) is 78.1 cm³/mol. The normalized spacial score (nSPS) is 25.9. The highest BCUT2D eigenvalue weighted by Crippen LogP contribution is 2.24. The molecule has 114 valence electrons. The fourth-order valence-electron chi connectivity index (χ4n) is 3.20. The van der Waals surface area contributed by atoms with E-state index in [2.05, 4.69) is 14.9 Å². The average molecular weight is 290 g/mol. The van der Waals surface area contributed by atoms with Crippen LogP contribution in [-0.2, 0) is 4.74 Å². The Morgan fingerprint density at radius 3 is 2.90 bits per heavy atom. The maximum absolute atomic E-state index is 12.5. The van der Waals surface area contributed by atoms with E-state index < -0.39 is 0 Å². The number of ether oxygens (including phenoxy) is 1. The highest BCUT2D eigenvalue weighted by molar-refractivity contribution is 5.92. The zero-order valence-corrected chi connectivity index (χ0v) is 12.7. The summed E-state index contributed by atoms with van der Waals surface area (Å²) in [5.41, 5.74) is 1.26. The molecular formula is C15H22N4O2. The minimum atomic E-state index is -0.0120. The van der Waals surface area contributed by atoms with Gasteiger partial charge in [0, 0.05) is 45.0 Å². The molecule has 3 heterocycles. The quantitative estimate of drug-likeness (QED) is 0.821. The van der Waals surface area contributed by atoms with Crippen molar-refractivity contribution >= 4 is 5.91 Å². The minimum absolute atomic E-state index is 0.0120. The number of aromatic nitrogens is 2. The Kier molecular flexibility index (Phi) is 4.17. The Morgan fingerprint density at radius 2 is 2.19 bits per heavy atom. The standard InChI is InChI=1S/C15H22N4O2/c1-3-21-13-6-12-9-19(5-4-18(12)10-13)15(20)14-8-16-11(2)7-17-14/h7-8,12-13H,3-6,9-10H2,1-2H3/t12-,13+/m0/s1. The second-order valence-electron chi connectivity index (χ2n) is 5.76. The number of piperazine rings is 1. The van der Waals surface area contributed by atoms with Crippen LogP contribution in [0.1, 0.15) is 29.5 Å². The molecule has 1 aromatic heterocycles. The van der Waals surface area contributed by atoms with Crippen LogP contribution in [0, 0.1) is 6.92 Å². The van der Waals surface area contributed by atoms with Gasteiger partial charge in [0.05, 0.1) is 18.0 Å². The van der Waals surface area contributed by atoms with E-state index in [9.17, 15) is 4.79 Å². The van der Waals surface area contributed by atoms with Gasteiger partial charge in [-0.3, -0.25) is 14.7 Å². The van der Waals surface area contributed by atoms with Crippen LogP contribution >= 0.6 is 0 Å². The lowest BCUT2D eigenvalue weighted by atomic mass is 10.1. The smallest absolute Gasteiger partial charge is 0.274 e. The molecule has 1 aromatic rings. The Bertz CT molecular complexity index is 505. The van der Waals surface area contributed by atoms with Gasteiger partial charge in [-0.2, -0.15) is 0 Å². The van der Waals surface area contributed by atoms with Crippen molar-refractivity contribution in [2.45, 2.75) is 32.4 Å². The van der Waals surface area contributed by atoms with E-state index in [0.29, 0.717) is 17.8 Å². The third-order valence-electron chi connectivity index (χ3n) is 4.27. The molecule has 0 aromatic carbocycles. The SMILES string of the molecule is CCO[C@@H]1C[C@H]2CN(C(=O)c3cnc(C)cn3)CCN2C1. The van der Waals surface area contributed by atoms with Crippen LogP contribution < -0.4 is 0 Å². The molecule has 0 aliphatic carbocycles. The summed E-state index contributed by atoms with van der Waals surface area (Å²) in [6, 6.07) is 0.414. The number of rotatable bonds is 3. The van der Waals surface area contributed by atoms with Crippen molar-refractivity contribution in [3.8, 4) is 0 Å². The first-order valence-corrected chi connectivity index (χ1v) is 7.61. The number of amides is 1. The maximum atomic E-state index is 12.5. The topological polar surface area (TPSA) is 58.6 Å². The third kappa shape index (κ3) is 3.06. The van der Waals surface area contributed by atoms with E-state index in [1.54, 1.807) is 12.4 Å². The number of carbonyl (C=O) groups excluding carboxylic acids is 1. The molecular weight excluding hydrogens is 268 g/mol. The summed E-state index contributed by atoms with van der Waals surface area (Å²) in [5, 5.41) is 0. The van der Waals surface area contributed by atoms with E-state index >= 15 is 0 Å². The number of aryl methyl sites for hydroxylation is 1. The van der Waals surface area contributed by atoms with Crippen molar-refractivity contribution < 1.29 is 9.53 Å². The summed E-state index contributed by atoms with van der Waals surface area (Å²) in [5.74, 6) is -0.0120. The molecule has 6 heteroatoms. The van der Waals surface area contributed by atoms with Crippen molar-refractivity contribution in [1.29, 1.82) is 0 Å². The van der Waals surface area contributed by atoms with Gasteiger partial charge in [0.1, 0.15) is 5.69 Å². The van der Waals surface area contributed by atoms with Gasteiger partial charge in [0.25, 0.3) is 5.91 Å². The van der Waals surface area contributed by atoms with Crippen LogP contribution in [0.5, 0.6) is 0 Å². The lowest BCUT2D eigenvalue weighted by Crippen LogP contribution is -2.52. The van der Waals surface area contributed by atoms with Gasteiger partial charge in [0.15, 0.2) is 0 Å². The Labute approximate surface area is 125 Å². The predicted octanol–water partition coefficient (Wildman–Crippen LogP) is 0.720. The lowest BCUT2D eigenvalue weighted by molar-refractivity contribution is 0.0548. The number of carbonyl (C=O) groups is 1. The highest BCUT2D eigenvalue weighted by Gasteiger charge is 2.38. The van der Waals surface area contributed by atoms with Gasteiger partial charge in [0.2, 0.25) is 0 Å². The van der Waals surface area contributed by atoms with E-state index in [4.69, 9.17) is 4.74 Å². The van der Waals surface area contributed by atoms with Crippen LogP contribution in [0.15, 0.2) is 12.4 Å². The summed E-state index contributed by atoms with van der Waals surface area (Å²) in [6.45, 7) is 8.08. The fourth-order valence-corrected chi connectivity index (χ4v) is 3.20. The zero-order valence-electron chi connectivity index (χ0n) is 12.7. The second-order valence-corrected chi connectivity index (χ2v) is 5.76. The molecule has 0 radical (unpaired) electrons. The van der Waals surface area contributed by atoms with Crippen LogP contribution in [0.3, 0.4) is 0 Å². The molecule has 1 amide bonds. The Morgan fingerprint density at radius 1 is 1.33 bits per heavy atom. The average Bonchev–Trinajstić information content (AvgIpc) is 2.89. The molecule has 2 aliphatic rings. The lowest BCUT2D eigenvalue weighted by Gasteiger charge is -2.37. The zero-order chi connectivity index (χ0) is 14.8. The van der Waals surface area contributed by atoms with Crippen molar-refractivity contribution in [2.75, 3.05) is 32.8 Å². The number of fused-ring (bicyclic) bond motifs is 1. The van der Waals surface area contributed by atoms with Crippen molar-refractivity contribution in [3.05, 3.63) is 23.8 Å². The van der Waals surface area contributed by atoms with Gasteiger partial charge in [-0.05, 0) is 20.3 Å². The fraction of sp³-hybridized carbons (Fsp3) is 0.667. The first kappa shape index (κ1) is 14.4. The molecule has 0 saturated carbocycles. The second kappa shape index (κ2) is 6.07. The van der Waals surface area contributed by atoms with E-state index in [0.717, 1.165) is 44.9 Å². The Balaban J connectivity index is 1.63. The monoisotopic (exact) mass is 290 g/mol. The molecule has 0 spiro atoms. The minimum Gasteiger partial charge on any atom is -0.377 e. The summed E-state index contributed by atoms with van der Waals surface area (Å²) in [7, 11) is 0. The summed E-state index contributed by atoms with van der Waals surface area (Å²) >= 11 is 0. The summed E-state index contributed by atoms with van der Waals surface area (Å²) in [4.78, 5) is 25.2. The number of nitrogens with zero attached hydrogens (tertiary/aromatic N) is 4. The molecule has 0 N–H and O–H groups in total. The van der Waals surface area contributed by atoms with Gasteiger partial charge in [-0.1, -0.05) is 0 Å². The third-order valence-corrected chi connectivity index (χ3v) is 4.27. The van der Waals surface area contributed by atoms with Gasteiger partial charge < -0.3 is 9.64 Å². The van der Waals surface area contributed by atoms with E-state index in [1.807, 2.05) is 18.7 Å². The van der Waals surface area contributed by atoms with Crippen molar-refractivity contribution in [2.24, 2.45) is 0 Å². The molecule has 21 heavy (non-hydrogen) atoms. The molecule has 2 saturated heterocycles. The summed E-state index contributed by atoms with van der Waals surface area (Å²) in [6.07, 6.45) is 4.54. The first-order chi connectivity index (χ1) is 10.2. The van der Waals surface area contributed by atoms with Crippen LogP contribution in [0.4, 0.5) is 0 Å². The molecule has 2 atom stereocenters. The van der Waals surface area contributed by atoms with Gasteiger partial charge in [-0.15, -0.1) is 0 Å². The van der Waals surface area contributed by atoms with Gasteiger partial charge in [-0.25, -0.2) is 4.98 Å². The van der Waals surface area contributed by atoms with Crippen molar-refractivity contribution in [1.82, 2.24) is 19.8 Å². The first-order valence-electron chi connectivity index (χ1n) is 7.61. The largest absolute Gasteiger partial charge is 0.377 e.